The van der Waals surface area contributed by atoms with Gasteiger partial charge in [-0.25, -0.2) is 14.2 Å². The zero-order chi connectivity index (χ0) is 24.1. The van der Waals surface area contributed by atoms with E-state index in [-0.39, 0.29) is 11.7 Å². The highest BCUT2D eigenvalue weighted by atomic mass is 79.9. The zero-order valence-corrected chi connectivity index (χ0v) is 19.8. The molecule has 2 N–H and O–H groups in total. The van der Waals surface area contributed by atoms with E-state index in [0.717, 1.165) is 5.56 Å². The van der Waals surface area contributed by atoms with Crippen LogP contribution in [0.1, 0.15) is 24.0 Å². The van der Waals surface area contributed by atoms with Crippen molar-refractivity contribution in [2.75, 3.05) is 18.0 Å². The minimum absolute atomic E-state index is 0.0342. The summed E-state index contributed by atoms with van der Waals surface area (Å²) in [6.07, 6.45) is 0.218. The first-order valence-electron chi connectivity index (χ1n) is 10.7. The van der Waals surface area contributed by atoms with Gasteiger partial charge in [0, 0.05) is 37.6 Å². The smallest absolute Gasteiger partial charge is 0.404 e. The van der Waals surface area contributed by atoms with Gasteiger partial charge in [0.05, 0.1) is 15.7 Å². The van der Waals surface area contributed by atoms with Crippen LogP contribution in [0.4, 0.5) is 15.0 Å². The Bertz CT molecular complexity index is 1220. The number of hydrogen-bond acceptors (Lipinski definition) is 6. The lowest BCUT2D eigenvalue weighted by molar-refractivity contribution is 0.0911. The van der Waals surface area contributed by atoms with Gasteiger partial charge in [0.2, 0.25) is 0 Å². The molecule has 1 aliphatic heterocycles. The normalized spacial score (nSPS) is 13.9. The summed E-state index contributed by atoms with van der Waals surface area (Å²) in [5.74, 6) is 0.600. The molecule has 2 heterocycles. The third-order valence-corrected chi connectivity index (χ3v) is 6.33. The molecule has 0 bridgehead atoms. The fourth-order valence-electron chi connectivity index (χ4n) is 3.81. The largest absolute Gasteiger partial charge is 0.488 e. The number of aromatic nitrogens is 1. The molecule has 1 aliphatic rings. The number of pyridine rings is 1. The van der Waals surface area contributed by atoms with E-state index in [1.165, 1.54) is 12.1 Å². The van der Waals surface area contributed by atoms with Crippen molar-refractivity contribution < 1.29 is 18.7 Å². The van der Waals surface area contributed by atoms with Gasteiger partial charge in [-0.1, -0.05) is 36.4 Å². The molecule has 174 valence electrons. The van der Waals surface area contributed by atoms with Gasteiger partial charge in [-0.15, -0.1) is 0 Å². The maximum atomic E-state index is 14.4. The highest BCUT2D eigenvalue weighted by Gasteiger charge is 2.24. The average Bonchev–Trinajstić information content (AvgIpc) is 2.84. The Morgan fingerprint density at radius 1 is 1.21 bits per heavy atom. The Kier molecular flexibility index (Phi) is 7.28. The van der Waals surface area contributed by atoms with Gasteiger partial charge in [0.1, 0.15) is 36.2 Å². The number of carbonyl (C=O) groups excluding carboxylic acids is 1. The van der Waals surface area contributed by atoms with E-state index >= 15 is 0 Å². The number of nitriles is 1. The number of carbonyl (C=O) groups is 1. The van der Waals surface area contributed by atoms with Crippen molar-refractivity contribution in [3.63, 3.8) is 0 Å². The minimum Gasteiger partial charge on any atom is -0.488 e. The minimum atomic E-state index is -0.776. The van der Waals surface area contributed by atoms with Crippen LogP contribution in [0.5, 0.6) is 5.75 Å². The molecule has 3 aromatic rings. The molecule has 1 aromatic heterocycles. The number of nitrogens with zero attached hydrogens (tertiary/aromatic N) is 3. The highest BCUT2D eigenvalue weighted by molar-refractivity contribution is 9.10. The number of halogens is 2. The van der Waals surface area contributed by atoms with Crippen LogP contribution in [0, 0.1) is 17.1 Å². The molecule has 9 heteroatoms. The number of hydrogen-bond donors (Lipinski definition) is 1. The predicted octanol–water partition coefficient (Wildman–Crippen LogP) is 5.16. The first-order valence-corrected chi connectivity index (χ1v) is 11.5. The lowest BCUT2D eigenvalue weighted by Crippen LogP contribution is -2.39. The molecule has 34 heavy (non-hydrogen) atoms. The second kappa shape index (κ2) is 10.5. The number of benzene rings is 2. The van der Waals surface area contributed by atoms with Crippen LogP contribution in [0.25, 0.3) is 11.3 Å². The number of piperidine rings is 1. The van der Waals surface area contributed by atoms with Gasteiger partial charge in [0.15, 0.2) is 0 Å². The van der Waals surface area contributed by atoms with E-state index in [2.05, 4.69) is 20.8 Å². The molecule has 2 aromatic carbocycles. The first-order chi connectivity index (χ1) is 16.4. The highest BCUT2D eigenvalue weighted by Crippen LogP contribution is 2.38. The average molecular weight is 525 g/mol. The van der Waals surface area contributed by atoms with Crippen LogP contribution >= 0.6 is 15.9 Å². The van der Waals surface area contributed by atoms with Gasteiger partial charge in [-0.05, 0) is 33.6 Å². The molecular formula is C25H22BrFN4O3. The maximum absolute atomic E-state index is 14.4. The van der Waals surface area contributed by atoms with E-state index in [4.69, 9.17) is 25.5 Å². The number of primary amides is 1. The third-order valence-electron chi connectivity index (χ3n) is 5.56. The number of anilines is 1. The Labute approximate surface area is 205 Å². The van der Waals surface area contributed by atoms with Crippen molar-refractivity contribution in [1.29, 1.82) is 5.26 Å². The molecule has 1 amide bonds. The first kappa shape index (κ1) is 23.5. The number of nitrogens with two attached hydrogens (primary N) is 1. The number of rotatable bonds is 6. The van der Waals surface area contributed by atoms with Crippen molar-refractivity contribution >= 4 is 27.8 Å². The van der Waals surface area contributed by atoms with Crippen molar-refractivity contribution in [2.24, 2.45) is 5.73 Å². The number of ether oxygens (including phenoxy) is 2. The lowest BCUT2D eigenvalue weighted by atomic mass is 10.1. The van der Waals surface area contributed by atoms with Crippen molar-refractivity contribution in [2.45, 2.75) is 25.6 Å². The Morgan fingerprint density at radius 2 is 1.94 bits per heavy atom. The van der Waals surface area contributed by atoms with Crippen LogP contribution in [-0.4, -0.2) is 30.3 Å². The molecule has 0 spiro atoms. The monoisotopic (exact) mass is 524 g/mol. The zero-order valence-electron chi connectivity index (χ0n) is 18.2. The van der Waals surface area contributed by atoms with Crippen molar-refractivity contribution in [3.05, 3.63) is 76.0 Å². The Morgan fingerprint density at radius 3 is 2.59 bits per heavy atom. The lowest BCUT2D eigenvalue weighted by Gasteiger charge is -2.32. The summed E-state index contributed by atoms with van der Waals surface area (Å²) in [5, 5.41) is 9.07. The molecule has 4 rings (SSSR count). The van der Waals surface area contributed by atoms with E-state index in [9.17, 15) is 9.18 Å². The Balaban J connectivity index is 1.67. The summed E-state index contributed by atoms with van der Waals surface area (Å²) < 4.78 is 26.2. The summed E-state index contributed by atoms with van der Waals surface area (Å²) >= 11 is 3.58. The van der Waals surface area contributed by atoms with Crippen LogP contribution < -0.4 is 15.4 Å². The molecule has 0 aliphatic carbocycles. The van der Waals surface area contributed by atoms with E-state index in [1.807, 2.05) is 42.5 Å². The van der Waals surface area contributed by atoms with Crippen LogP contribution in [-0.2, 0) is 11.3 Å². The quantitative estimate of drug-likeness (QED) is 0.477. The maximum Gasteiger partial charge on any atom is 0.404 e. The summed E-state index contributed by atoms with van der Waals surface area (Å²) in [4.78, 5) is 17.9. The second-order valence-corrected chi connectivity index (χ2v) is 8.64. The van der Waals surface area contributed by atoms with Crippen molar-refractivity contribution in [1.82, 2.24) is 4.98 Å². The van der Waals surface area contributed by atoms with Crippen LogP contribution in [0.3, 0.4) is 0 Å². The third kappa shape index (κ3) is 5.46. The van der Waals surface area contributed by atoms with Crippen LogP contribution in [0.2, 0.25) is 0 Å². The summed E-state index contributed by atoms with van der Waals surface area (Å²) in [5.41, 5.74) is 7.13. The van der Waals surface area contributed by atoms with Gasteiger partial charge in [0.25, 0.3) is 0 Å². The molecule has 0 atom stereocenters. The fourth-order valence-corrected chi connectivity index (χ4v) is 4.35. The topological polar surface area (TPSA) is 101 Å². The van der Waals surface area contributed by atoms with Gasteiger partial charge in [-0.3, -0.25) is 0 Å². The standard InChI is InChI=1S/C25H22BrFN4O3/c26-23-21(33-15-16-4-2-1-3-5-16)13-22(31-10-8-19(9-11-31)34-25(29)32)30-24(23)17-6-7-18(14-28)20(27)12-17/h1-7,12-13,19H,8-11,15H2,(H2,29,32). The van der Waals surface area contributed by atoms with Gasteiger partial charge >= 0.3 is 6.09 Å². The number of amides is 1. The summed E-state index contributed by atoms with van der Waals surface area (Å²) in [7, 11) is 0. The van der Waals surface area contributed by atoms with E-state index in [0.29, 0.717) is 59.8 Å². The Hall–Kier alpha value is -3.64. The molecular weight excluding hydrogens is 503 g/mol. The van der Waals surface area contributed by atoms with Crippen molar-refractivity contribution in [3.8, 4) is 23.1 Å². The molecule has 1 saturated heterocycles. The summed E-state index contributed by atoms with van der Waals surface area (Å²) in [6.45, 7) is 1.55. The molecule has 7 nitrogen and oxygen atoms in total. The fraction of sp³-hybridized carbons (Fsp3) is 0.240. The van der Waals surface area contributed by atoms with E-state index < -0.39 is 11.9 Å². The second-order valence-electron chi connectivity index (χ2n) is 7.85. The van der Waals surface area contributed by atoms with Gasteiger partial charge in [-0.2, -0.15) is 5.26 Å². The SMILES string of the molecule is N#Cc1ccc(-c2nc(N3CCC(OC(N)=O)CC3)cc(OCc3ccccc3)c2Br)cc1F. The molecule has 0 radical (unpaired) electrons. The van der Waals surface area contributed by atoms with Gasteiger partial charge < -0.3 is 20.1 Å². The predicted molar refractivity (Wildman–Crippen MR) is 129 cm³/mol. The molecule has 0 saturated carbocycles. The van der Waals surface area contributed by atoms with E-state index in [1.54, 1.807) is 6.07 Å². The molecule has 0 unspecified atom stereocenters. The summed E-state index contributed by atoms with van der Waals surface area (Å²) in [6, 6.07) is 17.8. The molecule has 1 fully saturated rings. The van der Waals surface area contributed by atoms with Crippen LogP contribution in [0.15, 0.2) is 59.1 Å².